The predicted octanol–water partition coefficient (Wildman–Crippen LogP) is 1.61. The standard InChI is InChI=1S/C11H22N2/c1-10-5-2-3-8-13(10)9-11-6-4-7-12-11/h10-12H,2-9H2,1H3/t10?,11-/m1/s1. The molecule has 2 saturated heterocycles. The van der Waals surface area contributed by atoms with Crippen LogP contribution >= 0.6 is 0 Å². The van der Waals surface area contributed by atoms with Gasteiger partial charge in [-0.3, -0.25) is 4.90 Å². The van der Waals surface area contributed by atoms with Gasteiger partial charge in [0.2, 0.25) is 0 Å². The predicted molar refractivity (Wildman–Crippen MR) is 55.9 cm³/mol. The molecular formula is C11H22N2. The molecule has 2 rings (SSSR count). The van der Waals surface area contributed by atoms with E-state index in [2.05, 4.69) is 17.1 Å². The molecule has 1 unspecified atom stereocenters. The van der Waals surface area contributed by atoms with Gasteiger partial charge in [0, 0.05) is 18.6 Å². The molecule has 2 nitrogen and oxygen atoms in total. The van der Waals surface area contributed by atoms with E-state index in [-0.39, 0.29) is 0 Å². The van der Waals surface area contributed by atoms with Crippen molar-refractivity contribution in [1.29, 1.82) is 0 Å². The van der Waals surface area contributed by atoms with Crippen LogP contribution < -0.4 is 5.32 Å². The average molecular weight is 182 g/mol. The van der Waals surface area contributed by atoms with Crippen molar-refractivity contribution in [2.45, 2.75) is 51.1 Å². The SMILES string of the molecule is CC1CCCCN1C[C@H]1CCCN1. The molecule has 2 aliphatic heterocycles. The van der Waals surface area contributed by atoms with E-state index in [1.165, 1.54) is 51.7 Å². The lowest BCUT2D eigenvalue weighted by Gasteiger charge is -2.35. The van der Waals surface area contributed by atoms with Crippen LogP contribution in [0.4, 0.5) is 0 Å². The third-order valence-electron chi connectivity index (χ3n) is 3.56. The smallest absolute Gasteiger partial charge is 0.0195 e. The highest BCUT2D eigenvalue weighted by molar-refractivity contribution is 4.81. The highest BCUT2D eigenvalue weighted by Gasteiger charge is 2.22. The normalized spacial score (nSPS) is 36.7. The second kappa shape index (κ2) is 4.43. The molecule has 0 saturated carbocycles. The van der Waals surface area contributed by atoms with Crippen LogP contribution in [0.25, 0.3) is 0 Å². The van der Waals surface area contributed by atoms with Gasteiger partial charge in [-0.05, 0) is 45.7 Å². The minimum absolute atomic E-state index is 0.792. The second-order valence-electron chi connectivity index (χ2n) is 4.63. The summed E-state index contributed by atoms with van der Waals surface area (Å²) >= 11 is 0. The quantitative estimate of drug-likeness (QED) is 0.698. The van der Waals surface area contributed by atoms with Crippen molar-refractivity contribution in [2.24, 2.45) is 0 Å². The van der Waals surface area contributed by atoms with Gasteiger partial charge in [0.25, 0.3) is 0 Å². The Bertz CT molecular complexity index is 152. The molecule has 13 heavy (non-hydrogen) atoms. The fourth-order valence-electron chi connectivity index (χ4n) is 2.62. The first-order valence-electron chi connectivity index (χ1n) is 5.83. The van der Waals surface area contributed by atoms with Gasteiger partial charge >= 0.3 is 0 Å². The van der Waals surface area contributed by atoms with E-state index in [1.54, 1.807) is 0 Å². The first-order chi connectivity index (χ1) is 6.36. The minimum atomic E-state index is 0.792. The Labute approximate surface area is 81.7 Å². The fraction of sp³-hybridized carbons (Fsp3) is 1.00. The second-order valence-corrected chi connectivity index (χ2v) is 4.63. The highest BCUT2D eigenvalue weighted by Crippen LogP contribution is 2.18. The lowest BCUT2D eigenvalue weighted by molar-refractivity contribution is 0.148. The summed E-state index contributed by atoms with van der Waals surface area (Å²) in [4.78, 5) is 2.67. The van der Waals surface area contributed by atoms with Crippen molar-refractivity contribution in [3.63, 3.8) is 0 Å². The Balaban J connectivity index is 1.78. The summed E-state index contributed by atoms with van der Waals surface area (Å²) in [6.07, 6.45) is 7.04. The van der Waals surface area contributed by atoms with Crippen molar-refractivity contribution >= 4 is 0 Å². The zero-order valence-corrected chi connectivity index (χ0v) is 8.76. The third-order valence-corrected chi connectivity index (χ3v) is 3.56. The van der Waals surface area contributed by atoms with Crippen LogP contribution in [0.3, 0.4) is 0 Å². The minimum Gasteiger partial charge on any atom is -0.313 e. The molecule has 0 amide bonds. The summed E-state index contributed by atoms with van der Waals surface area (Å²) in [6.45, 7) is 6.25. The fourth-order valence-corrected chi connectivity index (χ4v) is 2.62. The van der Waals surface area contributed by atoms with Crippen LogP contribution in [-0.2, 0) is 0 Å². The summed E-state index contributed by atoms with van der Waals surface area (Å²) in [7, 11) is 0. The van der Waals surface area contributed by atoms with Gasteiger partial charge in [-0.15, -0.1) is 0 Å². The first kappa shape index (κ1) is 9.47. The summed E-state index contributed by atoms with van der Waals surface area (Å²) < 4.78 is 0. The molecular weight excluding hydrogens is 160 g/mol. The monoisotopic (exact) mass is 182 g/mol. The molecule has 0 aromatic rings. The van der Waals surface area contributed by atoms with E-state index < -0.39 is 0 Å². The number of rotatable bonds is 2. The maximum absolute atomic E-state index is 3.58. The summed E-state index contributed by atoms with van der Waals surface area (Å²) in [5, 5.41) is 3.58. The number of likely N-dealkylation sites (tertiary alicyclic amines) is 1. The molecule has 2 aliphatic rings. The van der Waals surface area contributed by atoms with Gasteiger partial charge in [-0.1, -0.05) is 6.42 Å². The summed E-state index contributed by atoms with van der Waals surface area (Å²) in [5.41, 5.74) is 0. The third kappa shape index (κ3) is 2.44. The van der Waals surface area contributed by atoms with Crippen LogP contribution in [0.15, 0.2) is 0 Å². The van der Waals surface area contributed by atoms with Crippen LogP contribution in [-0.4, -0.2) is 36.6 Å². The maximum Gasteiger partial charge on any atom is 0.0195 e. The van der Waals surface area contributed by atoms with E-state index >= 15 is 0 Å². The van der Waals surface area contributed by atoms with Crippen LogP contribution in [0.5, 0.6) is 0 Å². The molecule has 2 atom stereocenters. The average Bonchev–Trinajstić information content (AvgIpc) is 2.61. The lowest BCUT2D eigenvalue weighted by Crippen LogP contribution is -2.44. The van der Waals surface area contributed by atoms with Gasteiger partial charge in [0.05, 0.1) is 0 Å². The van der Waals surface area contributed by atoms with E-state index in [0.717, 1.165) is 12.1 Å². The first-order valence-corrected chi connectivity index (χ1v) is 5.83. The highest BCUT2D eigenvalue weighted by atomic mass is 15.2. The van der Waals surface area contributed by atoms with Crippen molar-refractivity contribution < 1.29 is 0 Å². The Hall–Kier alpha value is -0.0800. The molecule has 76 valence electrons. The van der Waals surface area contributed by atoms with E-state index in [9.17, 15) is 0 Å². The van der Waals surface area contributed by atoms with Crippen molar-refractivity contribution in [1.82, 2.24) is 10.2 Å². The van der Waals surface area contributed by atoms with E-state index in [0.29, 0.717) is 0 Å². The van der Waals surface area contributed by atoms with Crippen molar-refractivity contribution in [3.8, 4) is 0 Å². The molecule has 0 aromatic carbocycles. The van der Waals surface area contributed by atoms with E-state index in [1.807, 2.05) is 0 Å². The van der Waals surface area contributed by atoms with Crippen LogP contribution in [0, 0.1) is 0 Å². The summed E-state index contributed by atoms with van der Waals surface area (Å²) in [6, 6.07) is 1.62. The number of hydrogen-bond donors (Lipinski definition) is 1. The van der Waals surface area contributed by atoms with Crippen LogP contribution in [0.2, 0.25) is 0 Å². The zero-order chi connectivity index (χ0) is 9.10. The topological polar surface area (TPSA) is 15.3 Å². The number of nitrogens with one attached hydrogen (secondary N) is 1. The van der Waals surface area contributed by atoms with Crippen molar-refractivity contribution in [3.05, 3.63) is 0 Å². The Morgan fingerprint density at radius 3 is 2.85 bits per heavy atom. The Morgan fingerprint density at radius 2 is 2.15 bits per heavy atom. The molecule has 2 heterocycles. The molecule has 0 bridgehead atoms. The largest absolute Gasteiger partial charge is 0.313 e. The molecule has 0 radical (unpaired) electrons. The van der Waals surface area contributed by atoms with Gasteiger partial charge < -0.3 is 5.32 Å². The zero-order valence-electron chi connectivity index (χ0n) is 8.76. The van der Waals surface area contributed by atoms with Gasteiger partial charge in [-0.2, -0.15) is 0 Å². The van der Waals surface area contributed by atoms with Crippen LogP contribution in [0.1, 0.15) is 39.0 Å². The van der Waals surface area contributed by atoms with E-state index in [4.69, 9.17) is 0 Å². The molecule has 1 N–H and O–H groups in total. The van der Waals surface area contributed by atoms with Gasteiger partial charge in [0.15, 0.2) is 0 Å². The number of hydrogen-bond acceptors (Lipinski definition) is 2. The molecule has 0 spiro atoms. The Morgan fingerprint density at radius 1 is 1.23 bits per heavy atom. The van der Waals surface area contributed by atoms with Crippen molar-refractivity contribution in [2.75, 3.05) is 19.6 Å². The lowest BCUT2D eigenvalue weighted by atomic mass is 10.0. The molecule has 0 aromatic heterocycles. The van der Waals surface area contributed by atoms with Gasteiger partial charge in [-0.25, -0.2) is 0 Å². The summed E-state index contributed by atoms with van der Waals surface area (Å²) in [5.74, 6) is 0. The molecule has 2 heteroatoms. The number of nitrogens with zero attached hydrogens (tertiary/aromatic N) is 1. The Kier molecular flexibility index (Phi) is 3.23. The number of piperidine rings is 1. The maximum atomic E-state index is 3.58. The molecule has 0 aliphatic carbocycles. The van der Waals surface area contributed by atoms with Gasteiger partial charge in [0.1, 0.15) is 0 Å². The molecule has 2 fully saturated rings.